The standard InChI is InChI=1S/C20H27N3O2/c1-15(2)23-19(12-13-21-23)22-20(24)11-10-16-6-5-9-18(14-16)25-17-7-3-4-8-17/h5-6,9,12-15,17H,3-4,7-8,10-11H2,1-2H3,(H,22,24). The summed E-state index contributed by atoms with van der Waals surface area (Å²) in [5.41, 5.74) is 1.13. The summed E-state index contributed by atoms with van der Waals surface area (Å²) >= 11 is 0. The molecule has 0 unspecified atom stereocenters. The quantitative estimate of drug-likeness (QED) is 0.814. The van der Waals surface area contributed by atoms with Crippen molar-refractivity contribution in [1.82, 2.24) is 9.78 Å². The highest BCUT2D eigenvalue weighted by Crippen LogP contribution is 2.25. The number of anilines is 1. The fraction of sp³-hybridized carbons (Fsp3) is 0.500. The number of aromatic nitrogens is 2. The highest BCUT2D eigenvalue weighted by molar-refractivity contribution is 5.89. The molecule has 3 rings (SSSR count). The predicted octanol–water partition coefficient (Wildman–Crippen LogP) is 4.36. The first-order valence-corrected chi connectivity index (χ1v) is 9.21. The molecule has 1 heterocycles. The number of ether oxygens (including phenoxy) is 1. The van der Waals surface area contributed by atoms with Crippen LogP contribution in [0, 0.1) is 0 Å². The van der Waals surface area contributed by atoms with Crippen LogP contribution in [0.15, 0.2) is 36.5 Å². The van der Waals surface area contributed by atoms with Gasteiger partial charge in [-0.1, -0.05) is 12.1 Å². The Morgan fingerprint density at radius 2 is 2.12 bits per heavy atom. The van der Waals surface area contributed by atoms with E-state index in [1.54, 1.807) is 6.20 Å². The molecule has 0 radical (unpaired) electrons. The van der Waals surface area contributed by atoms with Crippen molar-refractivity contribution in [3.63, 3.8) is 0 Å². The average Bonchev–Trinajstić information content (AvgIpc) is 3.25. The topological polar surface area (TPSA) is 56.2 Å². The highest BCUT2D eigenvalue weighted by atomic mass is 16.5. The van der Waals surface area contributed by atoms with E-state index in [0.29, 0.717) is 18.9 Å². The first-order valence-electron chi connectivity index (χ1n) is 9.21. The van der Waals surface area contributed by atoms with Gasteiger partial charge >= 0.3 is 0 Å². The van der Waals surface area contributed by atoms with E-state index in [-0.39, 0.29) is 11.9 Å². The molecule has 0 saturated heterocycles. The smallest absolute Gasteiger partial charge is 0.225 e. The summed E-state index contributed by atoms with van der Waals surface area (Å²) in [7, 11) is 0. The molecular weight excluding hydrogens is 314 g/mol. The molecule has 1 saturated carbocycles. The van der Waals surface area contributed by atoms with Gasteiger partial charge in [-0.2, -0.15) is 5.10 Å². The van der Waals surface area contributed by atoms with Crippen molar-refractivity contribution >= 4 is 11.7 Å². The van der Waals surface area contributed by atoms with Crippen molar-refractivity contribution in [3.8, 4) is 5.75 Å². The maximum absolute atomic E-state index is 12.2. The third-order valence-electron chi connectivity index (χ3n) is 4.57. The SMILES string of the molecule is CC(C)n1nccc1NC(=O)CCc1cccc(OC2CCCC2)c1. The fourth-order valence-corrected chi connectivity index (χ4v) is 3.26. The van der Waals surface area contributed by atoms with E-state index in [2.05, 4.69) is 16.5 Å². The fourth-order valence-electron chi connectivity index (χ4n) is 3.26. The predicted molar refractivity (Wildman–Crippen MR) is 98.9 cm³/mol. The average molecular weight is 341 g/mol. The number of hydrogen-bond acceptors (Lipinski definition) is 3. The van der Waals surface area contributed by atoms with Gasteiger partial charge in [-0.3, -0.25) is 4.79 Å². The summed E-state index contributed by atoms with van der Waals surface area (Å²) in [4.78, 5) is 12.2. The monoisotopic (exact) mass is 341 g/mol. The van der Waals surface area contributed by atoms with Crippen LogP contribution >= 0.6 is 0 Å². The molecule has 5 heteroatoms. The summed E-state index contributed by atoms with van der Waals surface area (Å²) in [5, 5.41) is 7.18. The minimum Gasteiger partial charge on any atom is -0.490 e. The summed E-state index contributed by atoms with van der Waals surface area (Å²) in [6, 6.07) is 10.2. The van der Waals surface area contributed by atoms with Crippen LogP contribution in [-0.2, 0) is 11.2 Å². The van der Waals surface area contributed by atoms with Gasteiger partial charge in [0, 0.05) is 18.5 Å². The third-order valence-corrected chi connectivity index (χ3v) is 4.57. The van der Waals surface area contributed by atoms with Crippen molar-refractivity contribution in [2.75, 3.05) is 5.32 Å². The molecule has 1 aliphatic rings. The van der Waals surface area contributed by atoms with E-state index in [0.717, 1.165) is 30.0 Å². The van der Waals surface area contributed by atoms with Gasteiger partial charge in [-0.25, -0.2) is 4.68 Å². The molecular formula is C20H27N3O2. The molecule has 1 aromatic heterocycles. The first kappa shape index (κ1) is 17.5. The van der Waals surface area contributed by atoms with Gasteiger partial charge in [0.05, 0.1) is 12.3 Å². The summed E-state index contributed by atoms with van der Waals surface area (Å²) < 4.78 is 7.85. The first-order chi connectivity index (χ1) is 12.1. The van der Waals surface area contributed by atoms with Gasteiger partial charge in [0.1, 0.15) is 11.6 Å². The van der Waals surface area contributed by atoms with Crippen LogP contribution in [-0.4, -0.2) is 21.8 Å². The number of nitrogens with zero attached hydrogens (tertiary/aromatic N) is 2. The number of nitrogens with one attached hydrogen (secondary N) is 1. The molecule has 1 fully saturated rings. The highest BCUT2D eigenvalue weighted by Gasteiger charge is 2.16. The lowest BCUT2D eigenvalue weighted by molar-refractivity contribution is -0.116. The molecule has 1 amide bonds. The van der Waals surface area contributed by atoms with E-state index >= 15 is 0 Å². The maximum Gasteiger partial charge on any atom is 0.225 e. The van der Waals surface area contributed by atoms with Crippen LogP contribution in [0.25, 0.3) is 0 Å². The van der Waals surface area contributed by atoms with Gasteiger partial charge in [-0.15, -0.1) is 0 Å². The molecule has 1 N–H and O–H groups in total. The number of benzene rings is 1. The van der Waals surface area contributed by atoms with Crippen molar-refractivity contribution in [2.45, 2.75) is 64.5 Å². The molecule has 25 heavy (non-hydrogen) atoms. The number of aryl methyl sites for hydroxylation is 1. The zero-order valence-corrected chi connectivity index (χ0v) is 15.1. The Morgan fingerprint density at radius 1 is 1.32 bits per heavy atom. The van der Waals surface area contributed by atoms with E-state index in [1.165, 1.54) is 12.8 Å². The van der Waals surface area contributed by atoms with Crippen LogP contribution in [0.3, 0.4) is 0 Å². The van der Waals surface area contributed by atoms with Gasteiger partial charge in [0.2, 0.25) is 5.91 Å². The molecule has 5 nitrogen and oxygen atoms in total. The Kier molecular flexibility index (Phi) is 5.74. The lowest BCUT2D eigenvalue weighted by Crippen LogP contribution is -2.17. The molecule has 134 valence electrons. The summed E-state index contributed by atoms with van der Waals surface area (Å²) in [6.07, 6.45) is 8.02. The third kappa shape index (κ3) is 4.84. The van der Waals surface area contributed by atoms with Crippen LogP contribution in [0.2, 0.25) is 0 Å². The van der Waals surface area contributed by atoms with Crippen LogP contribution in [0.5, 0.6) is 5.75 Å². The zero-order valence-electron chi connectivity index (χ0n) is 15.1. The number of carbonyl (C=O) groups excluding carboxylic acids is 1. The molecule has 2 aromatic rings. The molecule has 0 bridgehead atoms. The van der Waals surface area contributed by atoms with Crippen LogP contribution in [0.1, 0.15) is 57.6 Å². The largest absolute Gasteiger partial charge is 0.490 e. The summed E-state index contributed by atoms with van der Waals surface area (Å²) in [6.45, 7) is 4.08. The molecule has 0 aliphatic heterocycles. The summed E-state index contributed by atoms with van der Waals surface area (Å²) in [5.74, 6) is 1.67. The van der Waals surface area contributed by atoms with Crippen molar-refractivity contribution in [1.29, 1.82) is 0 Å². The number of rotatable bonds is 7. The molecule has 1 aliphatic carbocycles. The van der Waals surface area contributed by atoms with Gasteiger partial charge in [0.15, 0.2) is 0 Å². The van der Waals surface area contributed by atoms with Gasteiger partial charge in [-0.05, 0) is 63.6 Å². The Morgan fingerprint density at radius 3 is 2.88 bits per heavy atom. The Balaban J connectivity index is 1.52. The second-order valence-corrected chi connectivity index (χ2v) is 6.97. The molecule has 1 aromatic carbocycles. The van der Waals surface area contributed by atoms with Gasteiger partial charge < -0.3 is 10.1 Å². The Labute approximate surface area is 149 Å². The van der Waals surface area contributed by atoms with E-state index in [4.69, 9.17) is 4.74 Å². The number of hydrogen-bond donors (Lipinski definition) is 1. The van der Waals surface area contributed by atoms with Crippen molar-refractivity contribution < 1.29 is 9.53 Å². The van der Waals surface area contributed by atoms with E-state index in [9.17, 15) is 4.79 Å². The van der Waals surface area contributed by atoms with Gasteiger partial charge in [0.25, 0.3) is 0 Å². The number of amides is 1. The molecule has 0 spiro atoms. The zero-order chi connectivity index (χ0) is 17.6. The van der Waals surface area contributed by atoms with Crippen LogP contribution in [0.4, 0.5) is 5.82 Å². The van der Waals surface area contributed by atoms with Crippen molar-refractivity contribution in [2.24, 2.45) is 0 Å². The molecule has 0 atom stereocenters. The Hall–Kier alpha value is -2.30. The second kappa shape index (κ2) is 8.19. The second-order valence-electron chi connectivity index (χ2n) is 6.97. The lowest BCUT2D eigenvalue weighted by Gasteiger charge is -2.14. The lowest BCUT2D eigenvalue weighted by atomic mass is 10.1. The van der Waals surface area contributed by atoms with E-state index < -0.39 is 0 Å². The van der Waals surface area contributed by atoms with E-state index in [1.807, 2.05) is 42.8 Å². The number of carbonyl (C=O) groups is 1. The normalized spacial score (nSPS) is 14.8. The van der Waals surface area contributed by atoms with Crippen LogP contribution < -0.4 is 10.1 Å². The minimum atomic E-state index is 0.00418. The Bertz CT molecular complexity index is 702. The minimum absolute atomic E-state index is 0.00418. The maximum atomic E-state index is 12.2. The van der Waals surface area contributed by atoms with Crippen molar-refractivity contribution in [3.05, 3.63) is 42.1 Å².